The number of amides is 2. The second kappa shape index (κ2) is 8.29. The molecule has 0 bridgehead atoms. The van der Waals surface area contributed by atoms with Gasteiger partial charge in [0.1, 0.15) is 0 Å². The number of aliphatic carboxylic acids is 1. The zero-order valence-electron chi connectivity index (χ0n) is 13.0. The van der Waals surface area contributed by atoms with Crippen molar-refractivity contribution in [1.82, 2.24) is 4.90 Å². The van der Waals surface area contributed by atoms with Crippen molar-refractivity contribution >= 4 is 17.7 Å². The van der Waals surface area contributed by atoms with Crippen LogP contribution in [0.3, 0.4) is 0 Å². The van der Waals surface area contributed by atoms with E-state index < -0.39 is 5.97 Å². The van der Waals surface area contributed by atoms with Gasteiger partial charge in [-0.25, -0.2) is 4.79 Å². The summed E-state index contributed by atoms with van der Waals surface area (Å²) < 4.78 is 0. The summed E-state index contributed by atoms with van der Waals surface area (Å²) in [6, 6.07) is 9.46. The summed E-state index contributed by atoms with van der Waals surface area (Å²) in [5, 5.41) is 8.72. The highest BCUT2D eigenvalue weighted by molar-refractivity contribution is 5.92. The van der Waals surface area contributed by atoms with Gasteiger partial charge < -0.3 is 10.0 Å². The second-order valence-electron chi connectivity index (χ2n) is 5.15. The number of para-hydroxylation sites is 1. The molecular formula is C16H24N2O3. The molecule has 0 heterocycles. The zero-order valence-corrected chi connectivity index (χ0v) is 13.0. The molecule has 0 saturated carbocycles. The first kappa shape index (κ1) is 17.0. The Morgan fingerprint density at radius 1 is 1.19 bits per heavy atom. The molecule has 0 atom stereocenters. The Labute approximate surface area is 126 Å². The van der Waals surface area contributed by atoms with Crippen LogP contribution in [0.15, 0.2) is 30.3 Å². The number of urea groups is 1. The van der Waals surface area contributed by atoms with E-state index in [0.717, 1.165) is 5.69 Å². The molecule has 0 aliphatic heterocycles. The Morgan fingerprint density at radius 2 is 1.81 bits per heavy atom. The Balaban J connectivity index is 2.80. The van der Waals surface area contributed by atoms with Gasteiger partial charge in [0.2, 0.25) is 0 Å². The van der Waals surface area contributed by atoms with Crippen molar-refractivity contribution in [1.29, 1.82) is 0 Å². The third-order valence-corrected chi connectivity index (χ3v) is 3.27. The molecule has 0 unspecified atom stereocenters. The lowest BCUT2D eigenvalue weighted by molar-refractivity contribution is -0.137. The van der Waals surface area contributed by atoms with Gasteiger partial charge in [0.25, 0.3) is 0 Å². The molecule has 0 radical (unpaired) electrons. The number of carbonyl (C=O) groups is 2. The summed E-state index contributed by atoms with van der Waals surface area (Å²) >= 11 is 0. The van der Waals surface area contributed by atoms with Crippen LogP contribution in [0.4, 0.5) is 10.5 Å². The highest BCUT2D eigenvalue weighted by Crippen LogP contribution is 2.17. The first-order chi connectivity index (χ1) is 9.97. The number of nitrogens with zero attached hydrogens (tertiary/aromatic N) is 2. The van der Waals surface area contributed by atoms with Gasteiger partial charge in [-0.3, -0.25) is 9.69 Å². The van der Waals surface area contributed by atoms with Gasteiger partial charge >= 0.3 is 12.0 Å². The summed E-state index contributed by atoms with van der Waals surface area (Å²) in [5.41, 5.74) is 0.855. The fourth-order valence-electron chi connectivity index (χ4n) is 2.17. The highest BCUT2D eigenvalue weighted by atomic mass is 16.4. The van der Waals surface area contributed by atoms with Crippen LogP contribution in [-0.4, -0.2) is 41.1 Å². The quantitative estimate of drug-likeness (QED) is 0.839. The third-order valence-electron chi connectivity index (χ3n) is 3.27. The van der Waals surface area contributed by atoms with Crippen molar-refractivity contribution < 1.29 is 14.7 Å². The molecule has 0 aliphatic carbocycles. The number of benzene rings is 1. The van der Waals surface area contributed by atoms with E-state index in [-0.39, 0.29) is 18.5 Å². The topological polar surface area (TPSA) is 60.9 Å². The SMILES string of the molecule is CCN(C(=O)N(CCCC(=O)O)C(C)C)c1ccccc1. The molecule has 2 amide bonds. The molecule has 0 saturated heterocycles. The molecule has 116 valence electrons. The van der Waals surface area contributed by atoms with Gasteiger partial charge in [0.15, 0.2) is 0 Å². The average Bonchev–Trinajstić information content (AvgIpc) is 2.44. The normalized spacial score (nSPS) is 10.5. The number of carbonyl (C=O) groups excluding carboxylic acids is 1. The molecule has 5 heteroatoms. The molecule has 1 rings (SSSR count). The fraction of sp³-hybridized carbons (Fsp3) is 0.500. The minimum Gasteiger partial charge on any atom is -0.481 e. The molecule has 0 fully saturated rings. The summed E-state index contributed by atoms with van der Waals surface area (Å²) in [7, 11) is 0. The molecular weight excluding hydrogens is 268 g/mol. The molecule has 1 aromatic rings. The second-order valence-corrected chi connectivity index (χ2v) is 5.15. The van der Waals surface area contributed by atoms with Crippen molar-refractivity contribution in [3.63, 3.8) is 0 Å². The van der Waals surface area contributed by atoms with Gasteiger partial charge in [-0.2, -0.15) is 0 Å². The van der Waals surface area contributed by atoms with Gasteiger partial charge in [-0.1, -0.05) is 18.2 Å². The number of rotatable bonds is 7. The van der Waals surface area contributed by atoms with E-state index in [1.807, 2.05) is 51.1 Å². The van der Waals surface area contributed by atoms with E-state index in [2.05, 4.69) is 0 Å². The van der Waals surface area contributed by atoms with Crippen LogP contribution < -0.4 is 4.90 Å². The van der Waals surface area contributed by atoms with E-state index in [9.17, 15) is 9.59 Å². The Kier molecular flexibility index (Phi) is 6.72. The lowest BCUT2D eigenvalue weighted by atomic mass is 10.2. The maximum absolute atomic E-state index is 12.7. The lowest BCUT2D eigenvalue weighted by Crippen LogP contribution is -2.47. The Hall–Kier alpha value is -2.04. The summed E-state index contributed by atoms with van der Waals surface area (Å²) in [5.74, 6) is -0.832. The smallest absolute Gasteiger partial charge is 0.324 e. The number of anilines is 1. The molecule has 1 aromatic carbocycles. The van der Waals surface area contributed by atoms with Crippen LogP contribution in [-0.2, 0) is 4.79 Å². The number of hydrogen-bond donors (Lipinski definition) is 1. The molecule has 0 aromatic heterocycles. The number of carboxylic acid groups (broad SMARTS) is 1. The molecule has 5 nitrogen and oxygen atoms in total. The van der Waals surface area contributed by atoms with Gasteiger partial charge in [0.05, 0.1) is 0 Å². The van der Waals surface area contributed by atoms with Crippen LogP contribution in [0.2, 0.25) is 0 Å². The van der Waals surface area contributed by atoms with E-state index >= 15 is 0 Å². The number of carboxylic acids is 1. The molecule has 0 spiro atoms. The monoisotopic (exact) mass is 292 g/mol. The average molecular weight is 292 g/mol. The van der Waals surface area contributed by atoms with Crippen molar-refractivity contribution in [2.75, 3.05) is 18.0 Å². The number of hydrogen-bond acceptors (Lipinski definition) is 2. The van der Waals surface area contributed by atoms with Crippen molar-refractivity contribution in [2.24, 2.45) is 0 Å². The summed E-state index contributed by atoms with van der Waals surface area (Å²) in [6.45, 7) is 6.84. The minimum absolute atomic E-state index is 0.0315. The van der Waals surface area contributed by atoms with Crippen molar-refractivity contribution in [3.05, 3.63) is 30.3 Å². The summed E-state index contributed by atoms with van der Waals surface area (Å²) in [4.78, 5) is 26.7. The van der Waals surface area contributed by atoms with E-state index in [4.69, 9.17) is 5.11 Å². The molecule has 1 N–H and O–H groups in total. The van der Waals surface area contributed by atoms with Crippen molar-refractivity contribution in [2.45, 2.75) is 39.7 Å². The molecule has 21 heavy (non-hydrogen) atoms. The van der Waals surface area contributed by atoms with Gasteiger partial charge in [0, 0.05) is 31.2 Å². The van der Waals surface area contributed by atoms with Crippen LogP contribution in [0.1, 0.15) is 33.6 Å². The maximum atomic E-state index is 12.7. The zero-order chi connectivity index (χ0) is 15.8. The lowest BCUT2D eigenvalue weighted by Gasteiger charge is -2.32. The first-order valence-corrected chi connectivity index (χ1v) is 7.32. The molecule has 0 aliphatic rings. The van der Waals surface area contributed by atoms with E-state index in [1.165, 1.54) is 0 Å². The van der Waals surface area contributed by atoms with Crippen LogP contribution in [0, 0.1) is 0 Å². The Bertz CT molecular complexity index is 460. The van der Waals surface area contributed by atoms with Crippen LogP contribution in [0.25, 0.3) is 0 Å². The van der Waals surface area contributed by atoms with Crippen LogP contribution >= 0.6 is 0 Å². The van der Waals surface area contributed by atoms with Gasteiger partial charge in [-0.05, 0) is 39.3 Å². The van der Waals surface area contributed by atoms with E-state index in [1.54, 1.807) is 9.80 Å². The van der Waals surface area contributed by atoms with Gasteiger partial charge in [-0.15, -0.1) is 0 Å². The predicted octanol–water partition coefficient (Wildman–Crippen LogP) is 3.21. The summed E-state index contributed by atoms with van der Waals surface area (Å²) in [6.07, 6.45) is 0.541. The first-order valence-electron chi connectivity index (χ1n) is 7.32. The highest BCUT2D eigenvalue weighted by Gasteiger charge is 2.23. The standard InChI is InChI=1S/C16H24N2O3/c1-4-17(14-9-6-5-7-10-14)16(21)18(13(2)3)12-8-11-15(19)20/h5-7,9-10,13H,4,8,11-12H2,1-3H3,(H,19,20). The van der Waals surface area contributed by atoms with Crippen LogP contribution in [0.5, 0.6) is 0 Å². The van der Waals surface area contributed by atoms with Crippen molar-refractivity contribution in [3.8, 4) is 0 Å². The predicted molar refractivity (Wildman–Crippen MR) is 83.6 cm³/mol. The maximum Gasteiger partial charge on any atom is 0.324 e. The minimum atomic E-state index is -0.832. The largest absolute Gasteiger partial charge is 0.481 e. The van der Waals surface area contributed by atoms with E-state index in [0.29, 0.717) is 19.5 Å². The Morgan fingerprint density at radius 3 is 2.29 bits per heavy atom. The third kappa shape index (κ3) is 5.10. The fourth-order valence-corrected chi connectivity index (χ4v) is 2.17.